The number of hydrogen-bond donors (Lipinski definition) is 2. The van der Waals surface area contributed by atoms with Crippen molar-refractivity contribution in [3.8, 4) is 17.1 Å². The molecule has 3 aromatic rings. The topological polar surface area (TPSA) is 103 Å². The van der Waals surface area contributed by atoms with E-state index in [1.807, 2.05) is 42.5 Å². The van der Waals surface area contributed by atoms with Crippen LogP contribution >= 0.6 is 0 Å². The molecule has 0 saturated carbocycles. The van der Waals surface area contributed by atoms with E-state index in [0.717, 1.165) is 36.3 Å². The number of carbonyl (C=O) groups is 1. The lowest BCUT2D eigenvalue weighted by atomic mass is 9.87. The number of nitrogens with two attached hydrogens (primary N) is 1. The minimum Gasteiger partial charge on any atom is -0.497 e. The van der Waals surface area contributed by atoms with Gasteiger partial charge in [0.2, 0.25) is 17.6 Å². The van der Waals surface area contributed by atoms with Crippen LogP contribution in [-0.2, 0) is 17.6 Å². The molecular weight excluding hydrogens is 368 g/mol. The Labute approximate surface area is 169 Å². The number of anilines is 1. The van der Waals surface area contributed by atoms with E-state index in [9.17, 15) is 4.79 Å². The summed E-state index contributed by atoms with van der Waals surface area (Å²) in [5.74, 6) is 1.69. The SMILES string of the molecule is COc1ccc(-c2noc(CCC(=O)NC3CCCc4cc(N)ccc43)n2)cc1. The molecule has 0 bridgehead atoms. The van der Waals surface area contributed by atoms with Gasteiger partial charge in [-0.2, -0.15) is 4.98 Å². The molecule has 1 heterocycles. The Balaban J connectivity index is 1.34. The maximum atomic E-state index is 12.5. The van der Waals surface area contributed by atoms with Gasteiger partial charge >= 0.3 is 0 Å². The Morgan fingerprint density at radius 2 is 2.10 bits per heavy atom. The molecule has 1 aliphatic carbocycles. The van der Waals surface area contributed by atoms with Crippen molar-refractivity contribution >= 4 is 11.6 Å². The molecule has 29 heavy (non-hydrogen) atoms. The molecule has 1 unspecified atom stereocenters. The summed E-state index contributed by atoms with van der Waals surface area (Å²) in [5.41, 5.74) is 9.87. The predicted molar refractivity (Wildman–Crippen MR) is 109 cm³/mol. The van der Waals surface area contributed by atoms with Crippen molar-refractivity contribution in [3.63, 3.8) is 0 Å². The van der Waals surface area contributed by atoms with E-state index in [1.54, 1.807) is 7.11 Å². The molecule has 1 amide bonds. The molecule has 2 aromatic carbocycles. The quantitative estimate of drug-likeness (QED) is 0.623. The predicted octanol–water partition coefficient (Wildman–Crippen LogP) is 3.45. The summed E-state index contributed by atoms with van der Waals surface area (Å²) in [6, 6.07) is 13.4. The zero-order chi connectivity index (χ0) is 20.2. The number of nitrogens with one attached hydrogen (secondary N) is 1. The maximum Gasteiger partial charge on any atom is 0.227 e. The van der Waals surface area contributed by atoms with Gasteiger partial charge in [0.25, 0.3) is 0 Å². The largest absolute Gasteiger partial charge is 0.497 e. The molecule has 0 fully saturated rings. The average Bonchev–Trinajstić information content (AvgIpc) is 3.21. The van der Waals surface area contributed by atoms with E-state index in [-0.39, 0.29) is 11.9 Å². The molecule has 7 nitrogen and oxygen atoms in total. The third kappa shape index (κ3) is 4.39. The number of hydrogen-bond acceptors (Lipinski definition) is 6. The number of aromatic nitrogens is 2. The minimum atomic E-state index is -0.0242. The summed E-state index contributed by atoms with van der Waals surface area (Å²) >= 11 is 0. The van der Waals surface area contributed by atoms with E-state index in [4.69, 9.17) is 15.0 Å². The van der Waals surface area contributed by atoms with Crippen LogP contribution in [0.5, 0.6) is 5.75 Å². The monoisotopic (exact) mass is 392 g/mol. The number of carbonyl (C=O) groups excluding carboxylic acids is 1. The van der Waals surface area contributed by atoms with Crippen molar-refractivity contribution in [1.29, 1.82) is 0 Å². The van der Waals surface area contributed by atoms with Gasteiger partial charge in [0.15, 0.2) is 0 Å². The van der Waals surface area contributed by atoms with Crippen molar-refractivity contribution in [2.45, 2.75) is 38.1 Å². The van der Waals surface area contributed by atoms with E-state index < -0.39 is 0 Å². The second-order valence-corrected chi connectivity index (χ2v) is 7.21. The van der Waals surface area contributed by atoms with Crippen LogP contribution in [0.15, 0.2) is 47.0 Å². The van der Waals surface area contributed by atoms with E-state index in [0.29, 0.717) is 24.6 Å². The Hall–Kier alpha value is -3.35. The summed E-state index contributed by atoms with van der Waals surface area (Å²) in [6.45, 7) is 0. The Kier molecular flexibility index (Phi) is 5.46. The first-order chi connectivity index (χ1) is 14.1. The number of rotatable bonds is 6. The molecule has 0 aliphatic heterocycles. The smallest absolute Gasteiger partial charge is 0.227 e. The van der Waals surface area contributed by atoms with Crippen LogP contribution in [0.1, 0.15) is 42.3 Å². The van der Waals surface area contributed by atoms with Crippen molar-refractivity contribution < 1.29 is 14.1 Å². The number of benzene rings is 2. The average molecular weight is 392 g/mol. The summed E-state index contributed by atoms with van der Waals surface area (Å²) in [6.07, 6.45) is 3.67. The molecule has 1 aromatic heterocycles. The maximum absolute atomic E-state index is 12.5. The third-order valence-corrected chi connectivity index (χ3v) is 5.20. The van der Waals surface area contributed by atoms with Crippen molar-refractivity contribution in [2.24, 2.45) is 0 Å². The number of nitrogen functional groups attached to an aromatic ring is 1. The second kappa shape index (κ2) is 8.34. The molecule has 0 radical (unpaired) electrons. The Morgan fingerprint density at radius 1 is 1.28 bits per heavy atom. The summed E-state index contributed by atoms with van der Waals surface area (Å²) in [7, 11) is 1.62. The third-order valence-electron chi connectivity index (χ3n) is 5.20. The molecule has 0 spiro atoms. The van der Waals surface area contributed by atoms with Crippen LogP contribution in [0.4, 0.5) is 5.69 Å². The molecule has 1 atom stereocenters. The second-order valence-electron chi connectivity index (χ2n) is 7.21. The van der Waals surface area contributed by atoms with Crippen LogP contribution in [-0.4, -0.2) is 23.2 Å². The number of amides is 1. The highest BCUT2D eigenvalue weighted by Gasteiger charge is 2.22. The van der Waals surface area contributed by atoms with Gasteiger partial charge in [-0.05, 0) is 66.8 Å². The zero-order valence-corrected chi connectivity index (χ0v) is 16.4. The zero-order valence-electron chi connectivity index (χ0n) is 16.4. The number of aryl methyl sites for hydroxylation is 2. The summed E-state index contributed by atoms with van der Waals surface area (Å²) < 4.78 is 10.4. The highest BCUT2D eigenvalue weighted by molar-refractivity contribution is 5.76. The standard InChI is InChI=1S/C22H24N4O3/c1-28-17-8-5-14(6-9-17)22-25-21(29-26-22)12-11-20(27)24-19-4-2-3-15-13-16(23)7-10-18(15)19/h5-10,13,19H,2-4,11-12,23H2,1H3,(H,24,27). The first-order valence-corrected chi connectivity index (χ1v) is 9.77. The van der Waals surface area contributed by atoms with Gasteiger partial charge in [-0.25, -0.2) is 0 Å². The van der Waals surface area contributed by atoms with Gasteiger partial charge in [0, 0.05) is 24.1 Å². The first-order valence-electron chi connectivity index (χ1n) is 9.77. The van der Waals surface area contributed by atoms with E-state index >= 15 is 0 Å². The van der Waals surface area contributed by atoms with Crippen LogP contribution in [0, 0.1) is 0 Å². The molecule has 1 aliphatic rings. The van der Waals surface area contributed by atoms with Crippen LogP contribution in [0.3, 0.4) is 0 Å². The normalized spacial score (nSPS) is 15.6. The summed E-state index contributed by atoms with van der Waals surface area (Å²) in [5, 5.41) is 7.14. The van der Waals surface area contributed by atoms with Gasteiger partial charge in [-0.15, -0.1) is 0 Å². The highest BCUT2D eigenvalue weighted by Crippen LogP contribution is 2.31. The van der Waals surface area contributed by atoms with Gasteiger partial charge < -0.3 is 20.3 Å². The van der Waals surface area contributed by atoms with Crippen LogP contribution < -0.4 is 15.8 Å². The van der Waals surface area contributed by atoms with Crippen LogP contribution in [0.2, 0.25) is 0 Å². The minimum absolute atomic E-state index is 0.0242. The Bertz CT molecular complexity index is 998. The molecule has 0 saturated heterocycles. The summed E-state index contributed by atoms with van der Waals surface area (Å²) in [4.78, 5) is 16.9. The lowest BCUT2D eigenvalue weighted by Gasteiger charge is -2.26. The fourth-order valence-electron chi connectivity index (χ4n) is 3.68. The fourth-order valence-corrected chi connectivity index (χ4v) is 3.68. The van der Waals surface area contributed by atoms with Gasteiger partial charge in [-0.3, -0.25) is 4.79 Å². The van der Waals surface area contributed by atoms with Gasteiger partial charge in [0.05, 0.1) is 13.2 Å². The van der Waals surface area contributed by atoms with Gasteiger partial charge in [-0.1, -0.05) is 11.2 Å². The van der Waals surface area contributed by atoms with Gasteiger partial charge in [0.1, 0.15) is 5.75 Å². The lowest BCUT2D eigenvalue weighted by molar-refractivity contribution is -0.122. The molecule has 3 N–H and O–H groups in total. The van der Waals surface area contributed by atoms with Crippen molar-refractivity contribution in [2.75, 3.05) is 12.8 Å². The Morgan fingerprint density at radius 3 is 2.90 bits per heavy atom. The van der Waals surface area contributed by atoms with Crippen molar-refractivity contribution in [1.82, 2.24) is 15.5 Å². The van der Waals surface area contributed by atoms with Crippen LogP contribution in [0.25, 0.3) is 11.4 Å². The fraction of sp³-hybridized carbons (Fsp3) is 0.318. The molecule has 4 rings (SSSR count). The van der Waals surface area contributed by atoms with E-state index in [2.05, 4.69) is 15.5 Å². The number of nitrogens with zero attached hydrogens (tertiary/aromatic N) is 2. The van der Waals surface area contributed by atoms with Crippen molar-refractivity contribution in [3.05, 3.63) is 59.5 Å². The number of fused-ring (bicyclic) bond motifs is 1. The first kappa shape index (κ1) is 19.0. The molecule has 150 valence electrons. The van der Waals surface area contributed by atoms with E-state index in [1.165, 1.54) is 11.1 Å². The molecular formula is C22H24N4O3. The number of methoxy groups -OCH3 is 1. The lowest BCUT2D eigenvalue weighted by Crippen LogP contribution is -2.31. The highest BCUT2D eigenvalue weighted by atomic mass is 16.5. The number of ether oxygens (including phenoxy) is 1. The molecule has 7 heteroatoms.